The number of fused-ring (bicyclic) bond motifs is 1. The standard InChI is InChI=1S/C15H15BrN2OS/c16-11-8-10-4-3-5-12(14(10)17-9-11)18-15(19)13-6-1-2-7-20-13/h3-5,8-9,13H,1-2,6-7H2,(H,18,19). The molecule has 1 saturated heterocycles. The SMILES string of the molecule is O=C(Nc1cccc2cc(Br)cnc12)C1CCCCS1. The molecule has 2 heterocycles. The van der Waals surface area contributed by atoms with E-state index in [0.717, 1.165) is 39.7 Å². The first kappa shape index (κ1) is 13.9. The number of nitrogens with one attached hydrogen (secondary N) is 1. The van der Waals surface area contributed by atoms with Gasteiger partial charge in [-0.15, -0.1) is 11.8 Å². The van der Waals surface area contributed by atoms with Gasteiger partial charge in [0.2, 0.25) is 5.91 Å². The van der Waals surface area contributed by atoms with E-state index in [2.05, 4.69) is 26.2 Å². The van der Waals surface area contributed by atoms with Crippen LogP contribution in [0.15, 0.2) is 34.9 Å². The summed E-state index contributed by atoms with van der Waals surface area (Å²) in [7, 11) is 0. The molecular weight excluding hydrogens is 336 g/mol. The van der Waals surface area contributed by atoms with Crippen molar-refractivity contribution in [3.8, 4) is 0 Å². The molecule has 1 amide bonds. The Labute approximate surface area is 130 Å². The molecule has 104 valence electrons. The van der Waals surface area contributed by atoms with Gasteiger partial charge >= 0.3 is 0 Å². The summed E-state index contributed by atoms with van der Waals surface area (Å²) in [6.07, 6.45) is 5.09. The number of aromatic nitrogens is 1. The molecule has 0 saturated carbocycles. The number of halogens is 1. The monoisotopic (exact) mass is 350 g/mol. The number of para-hydroxylation sites is 1. The Kier molecular flexibility index (Phi) is 4.27. The Morgan fingerprint density at radius 1 is 1.40 bits per heavy atom. The quantitative estimate of drug-likeness (QED) is 0.881. The maximum atomic E-state index is 12.3. The van der Waals surface area contributed by atoms with E-state index >= 15 is 0 Å². The average molecular weight is 351 g/mol. The summed E-state index contributed by atoms with van der Waals surface area (Å²) < 4.78 is 0.941. The van der Waals surface area contributed by atoms with Gasteiger partial charge < -0.3 is 5.32 Å². The van der Waals surface area contributed by atoms with Gasteiger partial charge in [-0.3, -0.25) is 9.78 Å². The lowest BCUT2D eigenvalue weighted by atomic mass is 10.1. The van der Waals surface area contributed by atoms with Crippen LogP contribution in [0.4, 0.5) is 5.69 Å². The van der Waals surface area contributed by atoms with Crippen molar-refractivity contribution in [1.82, 2.24) is 4.98 Å². The Morgan fingerprint density at radius 3 is 3.10 bits per heavy atom. The van der Waals surface area contributed by atoms with E-state index in [1.165, 1.54) is 6.42 Å². The summed E-state index contributed by atoms with van der Waals surface area (Å²) in [6.45, 7) is 0. The van der Waals surface area contributed by atoms with Crippen LogP contribution in [0.1, 0.15) is 19.3 Å². The van der Waals surface area contributed by atoms with Crippen molar-refractivity contribution in [2.75, 3.05) is 11.1 Å². The van der Waals surface area contributed by atoms with Crippen LogP contribution in [-0.2, 0) is 4.79 Å². The van der Waals surface area contributed by atoms with E-state index in [-0.39, 0.29) is 11.2 Å². The highest BCUT2D eigenvalue weighted by atomic mass is 79.9. The van der Waals surface area contributed by atoms with Crippen molar-refractivity contribution >= 4 is 50.2 Å². The summed E-state index contributed by atoms with van der Waals surface area (Å²) in [5.74, 6) is 1.19. The number of hydrogen-bond acceptors (Lipinski definition) is 3. The zero-order valence-corrected chi connectivity index (χ0v) is 13.3. The van der Waals surface area contributed by atoms with Crippen LogP contribution in [-0.4, -0.2) is 21.9 Å². The summed E-state index contributed by atoms with van der Waals surface area (Å²) in [6, 6.07) is 7.86. The first-order chi connectivity index (χ1) is 9.74. The molecule has 1 aliphatic heterocycles. The number of hydrogen-bond donors (Lipinski definition) is 1. The third-order valence-corrected chi connectivity index (χ3v) is 5.22. The van der Waals surface area contributed by atoms with Crippen LogP contribution < -0.4 is 5.32 Å². The van der Waals surface area contributed by atoms with E-state index in [9.17, 15) is 4.79 Å². The van der Waals surface area contributed by atoms with Gasteiger partial charge in [0.15, 0.2) is 0 Å². The fourth-order valence-electron chi connectivity index (χ4n) is 2.40. The third-order valence-electron chi connectivity index (χ3n) is 3.41. The minimum Gasteiger partial charge on any atom is -0.323 e. The Balaban J connectivity index is 1.85. The number of amides is 1. The molecular formula is C15H15BrN2OS. The molecule has 5 heteroatoms. The van der Waals surface area contributed by atoms with Crippen LogP contribution in [0, 0.1) is 0 Å². The lowest BCUT2D eigenvalue weighted by molar-refractivity contribution is -0.115. The van der Waals surface area contributed by atoms with Crippen LogP contribution >= 0.6 is 27.7 Å². The topological polar surface area (TPSA) is 42.0 Å². The van der Waals surface area contributed by atoms with E-state index in [1.807, 2.05) is 24.3 Å². The minimum absolute atomic E-state index is 0.0782. The number of pyridine rings is 1. The molecule has 0 spiro atoms. The number of carbonyl (C=O) groups is 1. The molecule has 1 atom stereocenters. The Morgan fingerprint density at radius 2 is 2.30 bits per heavy atom. The van der Waals surface area contributed by atoms with Gasteiger partial charge in [-0.05, 0) is 46.7 Å². The van der Waals surface area contributed by atoms with Gasteiger partial charge in [0.25, 0.3) is 0 Å². The molecule has 3 nitrogen and oxygen atoms in total. The molecule has 1 aliphatic rings. The lowest BCUT2D eigenvalue weighted by Gasteiger charge is -2.20. The number of thioether (sulfide) groups is 1. The van der Waals surface area contributed by atoms with Crippen molar-refractivity contribution in [3.63, 3.8) is 0 Å². The van der Waals surface area contributed by atoms with Crippen LogP contribution in [0.3, 0.4) is 0 Å². The number of nitrogens with zero attached hydrogens (tertiary/aromatic N) is 1. The predicted molar refractivity (Wildman–Crippen MR) is 88.2 cm³/mol. The lowest BCUT2D eigenvalue weighted by Crippen LogP contribution is -2.27. The number of benzene rings is 1. The van der Waals surface area contributed by atoms with E-state index < -0.39 is 0 Å². The van der Waals surface area contributed by atoms with Crippen LogP contribution in [0.2, 0.25) is 0 Å². The molecule has 1 aromatic carbocycles. The van der Waals surface area contributed by atoms with Gasteiger partial charge in [-0.1, -0.05) is 18.6 Å². The molecule has 1 fully saturated rings. The van der Waals surface area contributed by atoms with E-state index in [0.29, 0.717) is 0 Å². The highest BCUT2D eigenvalue weighted by Crippen LogP contribution is 2.28. The summed E-state index contributed by atoms with van der Waals surface area (Å²) in [4.78, 5) is 16.7. The highest BCUT2D eigenvalue weighted by molar-refractivity contribution is 9.10. The second kappa shape index (κ2) is 6.14. The molecule has 1 aromatic heterocycles. The normalized spacial score (nSPS) is 18.9. The third kappa shape index (κ3) is 2.99. The van der Waals surface area contributed by atoms with Crippen molar-refractivity contribution in [2.45, 2.75) is 24.5 Å². The maximum Gasteiger partial charge on any atom is 0.237 e. The molecule has 2 aromatic rings. The first-order valence-electron chi connectivity index (χ1n) is 6.71. The molecule has 0 radical (unpaired) electrons. The fourth-order valence-corrected chi connectivity index (χ4v) is 3.94. The van der Waals surface area contributed by atoms with Crippen molar-refractivity contribution in [2.24, 2.45) is 0 Å². The number of rotatable bonds is 2. The zero-order valence-electron chi connectivity index (χ0n) is 10.9. The van der Waals surface area contributed by atoms with Crippen molar-refractivity contribution < 1.29 is 4.79 Å². The van der Waals surface area contributed by atoms with Crippen molar-refractivity contribution in [1.29, 1.82) is 0 Å². The molecule has 0 aliphatic carbocycles. The van der Waals surface area contributed by atoms with Crippen molar-refractivity contribution in [3.05, 3.63) is 34.9 Å². The highest BCUT2D eigenvalue weighted by Gasteiger charge is 2.22. The smallest absolute Gasteiger partial charge is 0.237 e. The van der Waals surface area contributed by atoms with E-state index in [4.69, 9.17) is 0 Å². The van der Waals surface area contributed by atoms with Gasteiger partial charge in [0, 0.05) is 16.1 Å². The average Bonchev–Trinajstić information content (AvgIpc) is 2.48. The molecule has 0 bridgehead atoms. The zero-order chi connectivity index (χ0) is 13.9. The number of carbonyl (C=O) groups excluding carboxylic acids is 1. The van der Waals surface area contributed by atoms with Gasteiger partial charge in [-0.25, -0.2) is 0 Å². The minimum atomic E-state index is 0.0782. The van der Waals surface area contributed by atoms with Gasteiger partial charge in [0.05, 0.1) is 16.5 Å². The Bertz CT molecular complexity index is 641. The fraction of sp³-hybridized carbons (Fsp3) is 0.333. The molecule has 20 heavy (non-hydrogen) atoms. The summed E-state index contributed by atoms with van der Waals surface area (Å²) >= 11 is 5.18. The van der Waals surface area contributed by atoms with Crippen LogP contribution in [0.25, 0.3) is 10.9 Å². The molecule has 1 N–H and O–H groups in total. The predicted octanol–water partition coefficient (Wildman–Crippen LogP) is 4.22. The summed E-state index contributed by atoms with van der Waals surface area (Å²) in [5.41, 5.74) is 1.64. The van der Waals surface area contributed by atoms with Gasteiger partial charge in [-0.2, -0.15) is 0 Å². The first-order valence-corrected chi connectivity index (χ1v) is 8.55. The second-order valence-electron chi connectivity index (χ2n) is 4.88. The molecule has 3 rings (SSSR count). The van der Waals surface area contributed by atoms with Crippen LogP contribution in [0.5, 0.6) is 0 Å². The van der Waals surface area contributed by atoms with E-state index in [1.54, 1.807) is 18.0 Å². The number of anilines is 1. The Hall–Kier alpha value is -1.07. The summed E-state index contributed by atoms with van der Waals surface area (Å²) in [5, 5.41) is 4.14. The second-order valence-corrected chi connectivity index (χ2v) is 7.10. The maximum absolute atomic E-state index is 12.3. The van der Waals surface area contributed by atoms with Gasteiger partial charge in [0.1, 0.15) is 0 Å². The largest absolute Gasteiger partial charge is 0.323 e. The molecule has 1 unspecified atom stereocenters.